The van der Waals surface area contributed by atoms with Gasteiger partial charge in [0.2, 0.25) is 0 Å². The summed E-state index contributed by atoms with van der Waals surface area (Å²) in [7, 11) is 1.38. The minimum atomic E-state index is -0.574. The van der Waals surface area contributed by atoms with Gasteiger partial charge in [0.1, 0.15) is 6.61 Å². The van der Waals surface area contributed by atoms with E-state index in [9.17, 15) is 9.59 Å². The van der Waals surface area contributed by atoms with Gasteiger partial charge in [-0.3, -0.25) is 0 Å². The second-order valence-corrected chi connectivity index (χ2v) is 4.62. The molecule has 0 fully saturated rings. The van der Waals surface area contributed by atoms with Gasteiger partial charge in [0.25, 0.3) is 0 Å². The predicted molar refractivity (Wildman–Crippen MR) is 57.9 cm³/mol. The summed E-state index contributed by atoms with van der Waals surface area (Å²) >= 11 is 0. The minimum absolute atomic E-state index is 0.118. The zero-order valence-corrected chi connectivity index (χ0v) is 10.4. The molecule has 0 aliphatic rings. The van der Waals surface area contributed by atoms with E-state index >= 15 is 0 Å². The molecule has 0 unspecified atom stereocenters. The highest BCUT2D eigenvalue weighted by Crippen LogP contribution is 2.17. The molecule has 0 saturated carbocycles. The fourth-order valence-electron chi connectivity index (χ4n) is 0.812. The zero-order valence-electron chi connectivity index (χ0n) is 10.4. The molecule has 0 rings (SSSR count). The molecule has 0 saturated heterocycles. The van der Waals surface area contributed by atoms with Gasteiger partial charge in [-0.2, -0.15) is 0 Å². The number of ether oxygens (including phenoxy) is 3. The molecule has 0 aromatic carbocycles. The van der Waals surface area contributed by atoms with Gasteiger partial charge in [-0.25, -0.2) is 9.59 Å². The van der Waals surface area contributed by atoms with Crippen molar-refractivity contribution in [2.75, 3.05) is 26.9 Å². The standard InChI is InChI=1S/C11H20O5/c1-11(2,3)5-6-15-10(13)8-16-9(12)7-14-4/h5-8H2,1-4H3. The van der Waals surface area contributed by atoms with Gasteiger partial charge in [-0.15, -0.1) is 0 Å². The summed E-state index contributed by atoms with van der Waals surface area (Å²) in [5, 5.41) is 0. The molecule has 0 bridgehead atoms. The molecule has 0 aliphatic carbocycles. The molecule has 0 heterocycles. The summed E-state index contributed by atoms with van der Waals surface area (Å²) in [6.45, 7) is 5.99. The topological polar surface area (TPSA) is 61.8 Å². The molecule has 0 radical (unpaired) electrons. The first kappa shape index (κ1) is 14.9. The number of rotatable bonds is 6. The van der Waals surface area contributed by atoms with E-state index in [0.717, 1.165) is 6.42 Å². The van der Waals surface area contributed by atoms with Gasteiger partial charge < -0.3 is 14.2 Å². The Morgan fingerprint density at radius 2 is 1.56 bits per heavy atom. The number of hydrogen-bond acceptors (Lipinski definition) is 5. The third-order valence-corrected chi connectivity index (χ3v) is 1.73. The molecule has 5 heteroatoms. The SMILES string of the molecule is COCC(=O)OCC(=O)OCCC(C)(C)C. The highest BCUT2D eigenvalue weighted by Gasteiger charge is 2.12. The van der Waals surface area contributed by atoms with Gasteiger partial charge in [0, 0.05) is 7.11 Å². The molecular formula is C11H20O5. The van der Waals surface area contributed by atoms with Crippen molar-refractivity contribution in [3.63, 3.8) is 0 Å². The second kappa shape index (κ2) is 7.22. The molecule has 0 spiro atoms. The zero-order chi connectivity index (χ0) is 12.6. The summed E-state index contributed by atoms with van der Waals surface area (Å²) in [4.78, 5) is 21.9. The normalized spacial score (nSPS) is 11.0. The molecular weight excluding hydrogens is 212 g/mol. The number of carbonyl (C=O) groups is 2. The monoisotopic (exact) mass is 232 g/mol. The molecule has 0 aromatic rings. The lowest BCUT2D eigenvalue weighted by atomic mass is 9.93. The van der Waals surface area contributed by atoms with Crippen LogP contribution in [0.4, 0.5) is 0 Å². The van der Waals surface area contributed by atoms with Crippen LogP contribution in [0.25, 0.3) is 0 Å². The maximum Gasteiger partial charge on any atom is 0.344 e. The Morgan fingerprint density at radius 3 is 2.06 bits per heavy atom. The molecule has 0 atom stereocenters. The van der Waals surface area contributed by atoms with Crippen LogP contribution < -0.4 is 0 Å². The minimum Gasteiger partial charge on any atom is -0.463 e. The van der Waals surface area contributed by atoms with E-state index in [0.29, 0.717) is 6.61 Å². The third-order valence-electron chi connectivity index (χ3n) is 1.73. The van der Waals surface area contributed by atoms with Crippen LogP contribution in [0, 0.1) is 5.41 Å². The van der Waals surface area contributed by atoms with E-state index in [1.807, 2.05) is 0 Å². The Labute approximate surface area is 96.1 Å². The lowest BCUT2D eigenvalue weighted by Gasteiger charge is -2.17. The van der Waals surface area contributed by atoms with Crippen LogP contribution in [0.2, 0.25) is 0 Å². The van der Waals surface area contributed by atoms with Crippen molar-refractivity contribution in [2.24, 2.45) is 5.41 Å². The van der Waals surface area contributed by atoms with Crippen molar-refractivity contribution in [3.8, 4) is 0 Å². The fraction of sp³-hybridized carbons (Fsp3) is 0.818. The van der Waals surface area contributed by atoms with Crippen molar-refractivity contribution in [1.29, 1.82) is 0 Å². The summed E-state index contributed by atoms with van der Waals surface area (Å²) < 4.78 is 14.0. The Kier molecular flexibility index (Phi) is 6.72. The Bertz CT molecular complexity index is 229. The van der Waals surface area contributed by atoms with Gasteiger partial charge in [-0.05, 0) is 11.8 Å². The van der Waals surface area contributed by atoms with Gasteiger partial charge in [0.05, 0.1) is 6.61 Å². The van der Waals surface area contributed by atoms with Crippen molar-refractivity contribution in [3.05, 3.63) is 0 Å². The Balaban J connectivity index is 3.56. The highest BCUT2D eigenvalue weighted by atomic mass is 16.6. The molecule has 16 heavy (non-hydrogen) atoms. The molecule has 0 aliphatic heterocycles. The molecule has 0 amide bonds. The van der Waals surface area contributed by atoms with Crippen molar-refractivity contribution < 1.29 is 23.8 Å². The smallest absolute Gasteiger partial charge is 0.344 e. The predicted octanol–water partition coefficient (Wildman–Crippen LogP) is 1.16. The maximum absolute atomic E-state index is 11.1. The fourth-order valence-corrected chi connectivity index (χ4v) is 0.812. The average molecular weight is 232 g/mol. The van der Waals surface area contributed by atoms with E-state index in [-0.39, 0.29) is 18.6 Å². The van der Waals surface area contributed by atoms with Crippen LogP contribution in [-0.4, -0.2) is 38.9 Å². The quantitative estimate of drug-likeness (QED) is 0.643. The van der Waals surface area contributed by atoms with Crippen LogP contribution >= 0.6 is 0 Å². The summed E-state index contributed by atoms with van der Waals surface area (Å²) in [5.74, 6) is -1.11. The highest BCUT2D eigenvalue weighted by molar-refractivity contribution is 5.76. The van der Waals surface area contributed by atoms with Gasteiger partial charge >= 0.3 is 11.9 Å². The number of methoxy groups -OCH3 is 1. The van der Waals surface area contributed by atoms with Crippen LogP contribution in [-0.2, 0) is 23.8 Å². The first-order valence-corrected chi connectivity index (χ1v) is 5.15. The van der Waals surface area contributed by atoms with E-state index in [1.165, 1.54) is 7.11 Å². The van der Waals surface area contributed by atoms with E-state index < -0.39 is 11.9 Å². The van der Waals surface area contributed by atoms with E-state index in [4.69, 9.17) is 4.74 Å². The van der Waals surface area contributed by atoms with Crippen LogP contribution in [0.15, 0.2) is 0 Å². The molecule has 0 N–H and O–H groups in total. The third kappa shape index (κ3) is 9.45. The van der Waals surface area contributed by atoms with Crippen LogP contribution in [0.1, 0.15) is 27.2 Å². The Hall–Kier alpha value is -1.10. The van der Waals surface area contributed by atoms with Gasteiger partial charge in [0.15, 0.2) is 6.61 Å². The maximum atomic E-state index is 11.1. The van der Waals surface area contributed by atoms with Crippen molar-refractivity contribution in [1.82, 2.24) is 0 Å². The lowest BCUT2D eigenvalue weighted by Crippen LogP contribution is -2.20. The largest absolute Gasteiger partial charge is 0.463 e. The number of esters is 2. The van der Waals surface area contributed by atoms with Crippen molar-refractivity contribution in [2.45, 2.75) is 27.2 Å². The van der Waals surface area contributed by atoms with E-state index in [2.05, 4.69) is 30.2 Å². The molecule has 0 aromatic heterocycles. The summed E-state index contributed by atoms with van der Waals surface area (Å²) in [6, 6.07) is 0. The average Bonchev–Trinajstić information content (AvgIpc) is 2.13. The summed E-state index contributed by atoms with van der Waals surface area (Å²) in [5.41, 5.74) is 0.118. The number of hydrogen-bond donors (Lipinski definition) is 0. The van der Waals surface area contributed by atoms with Crippen LogP contribution in [0.3, 0.4) is 0 Å². The molecule has 5 nitrogen and oxygen atoms in total. The lowest BCUT2D eigenvalue weighted by molar-refractivity contribution is -0.161. The van der Waals surface area contributed by atoms with E-state index in [1.54, 1.807) is 0 Å². The van der Waals surface area contributed by atoms with Gasteiger partial charge in [-0.1, -0.05) is 20.8 Å². The van der Waals surface area contributed by atoms with Crippen LogP contribution in [0.5, 0.6) is 0 Å². The summed E-state index contributed by atoms with van der Waals surface area (Å²) in [6.07, 6.45) is 0.769. The molecule has 94 valence electrons. The van der Waals surface area contributed by atoms with Crippen molar-refractivity contribution >= 4 is 11.9 Å². The second-order valence-electron chi connectivity index (χ2n) is 4.62. The number of carbonyl (C=O) groups excluding carboxylic acids is 2. The Morgan fingerprint density at radius 1 is 1.00 bits per heavy atom. The first-order chi connectivity index (χ1) is 7.35. The first-order valence-electron chi connectivity index (χ1n) is 5.15.